The van der Waals surface area contributed by atoms with Gasteiger partial charge in [-0.3, -0.25) is 9.59 Å². The van der Waals surface area contributed by atoms with Crippen molar-refractivity contribution >= 4 is 11.6 Å². The molecule has 0 fully saturated rings. The maximum absolute atomic E-state index is 12.3. The molecule has 0 radical (unpaired) electrons. The zero-order valence-electron chi connectivity index (χ0n) is 13.3. The molecular formula is C19H20O4. The van der Waals surface area contributed by atoms with Gasteiger partial charge in [0.2, 0.25) is 0 Å². The number of aryl methyl sites for hydroxylation is 1. The number of hydrogen-bond acceptors (Lipinski definition) is 4. The lowest BCUT2D eigenvalue weighted by Crippen LogP contribution is -2.21. The van der Waals surface area contributed by atoms with E-state index in [4.69, 9.17) is 4.74 Å². The Morgan fingerprint density at radius 1 is 1.13 bits per heavy atom. The Hall–Kier alpha value is -2.62. The van der Waals surface area contributed by atoms with E-state index in [2.05, 4.69) is 0 Å². The van der Waals surface area contributed by atoms with Crippen LogP contribution in [0.15, 0.2) is 48.5 Å². The van der Waals surface area contributed by atoms with Crippen LogP contribution in [0.2, 0.25) is 0 Å². The molecule has 0 aliphatic rings. The van der Waals surface area contributed by atoms with Crippen molar-refractivity contribution in [3.05, 3.63) is 59.7 Å². The molecule has 2 aromatic rings. The van der Waals surface area contributed by atoms with E-state index < -0.39 is 5.92 Å². The predicted molar refractivity (Wildman–Crippen MR) is 87.9 cm³/mol. The van der Waals surface area contributed by atoms with E-state index in [-0.39, 0.29) is 23.7 Å². The Morgan fingerprint density at radius 3 is 2.48 bits per heavy atom. The summed E-state index contributed by atoms with van der Waals surface area (Å²) in [6, 6.07) is 13.8. The van der Waals surface area contributed by atoms with Crippen LogP contribution in [0.3, 0.4) is 0 Å². The molecule has 120 valence electrons. The third-order valence-corrected chi connectivity index (χ3v) is 3.84. The van der Waals surface area contributed by atoms with Crippen molar-refractivity contribution in [3.8, 4) is 11.5 Å². The molecule has 1 atom stereocenters. The zero-order valence-corrected chi connectivity index (χ0v) is 13.3. The van der Waals surface area contributed by atoms with Crippen LogP contribution in [-0.4, -0.2) is 23.8 Å². The largest absolute Gasteiger partial charge is 0.504 e. The van der Waals surface area contributed by atoms with E-state index in [1.165, 1.54) is 13.2 Å². The lowest BCUT2D eigenvalue weighted by Gasteiger charge is -2.10. The van der Waals surface area contributed by atoms with Crippen LogP contribution in [-0.2, 0) is 11.2 Å². The van der Waals surface area contributed by atoms with Gasteiger partial charge >= 0.3 is 0 Å². The minimum Gasteiger partial charge on any atom is -0.504 e. The van der Waals surface area contributed by atoms with E-state index in [0.29, 0.717) is 17.7 Å². The van der Waals surface area contributed by atoms with Crippen molar-refractivity contribution in [3.63, 3.8) is 0 Å². The smallest absolute Gasteiger partial charge is 0.173 e. The normalized spacial score (nSPS) is 11.7. The third kappa shape index (κ3) is 4.19. The number of ketones is 2. The standard InChI is InChI=1S/C19H20O4/c1-13(19(22)15-6-4-3-5-7-15)16(20)10-8-14-9-11-17(21)18(12-14)23-2/h3-7,9,11-13,21H,8,10H2,1-2H3. The third-order valence-electron chi connectivity index (χ3n) is 3.84. The minimum atomic E-state index is -0.656. The van der Waals surface area contributed by atoms with Crippen LogP contribution in [0.25, 0.3) is 0 Å². The predicted octanol–water partition coefficient (Wildman–Crippen LogP) is 3.42. The minimum absolute atomic E-state index is 0.0650. The number of rotatable bonds is 7. The lowest BCUT2D eigenvalue weighted by molar-refractivity contribution is -0.121. The summed E-state index contributed by atoms with van der Waals surface area (Å²) in [4.78, 5) is 24.5. The summed E-state index contributed by atoms with van der Waals surface area (Å²) in [5, 5.41) is 9.56. The SMILES string of the molecule is COc1cc(CCC(=O)C(C)C(=O)c2ccccc2)ccc1O. The molecule has 23 heavy (non-hydrogen) atoms. The summed E-state index contributed by atoms with van der Waals surface area (Å²) in [5.74, 6) is -0.459. The van der Waals surface area contributed by atoms with Crippen LogP contribution in [0.4, 0.5) is 0 Å². The van der Waals surface area contributed by atoms with Gasteiger partial charge in [-0.2, -0.15) is 0 Å². The molecule has 0 saturated heterocycles. The average Bonchev–Trinajstić information content (AvgIpc) is 2.60. The Balaban J connectivity index is 1.98. The van der Waals surface area contributed by atoms with Gasteiger partial charge in [0.1, 0.15) is 5.78 Å². The molecule has 4 heteroatoms. The summed E-state index contributed by atoms with van der Waals surface area (Å²) in [7, 11) is 1.48. The second kappa shape index (κ2) is 7.58. The summed E-state index contributed by atoms with van der Waals surface area (Å²) in [5.41, 5.74) is 1.44. The highest BCUT2D eigenvalue weighted by Crippen LogP contribution is 2.27. The van der Waals surface area contributed by atoms with Crippen molar-refractivity contribution in [1.82, 2.24) is 0 Å². The Labute approximate surface area is 135 Å². The fraction of sp³-hybridized carbons (Fsp3) is 0.263. The van der Waals surface area contributed by atoms with E-state index >= 15 is 0 Å². The van der Waals surface area contributed by atoms with Gasteiger partial charge in [0.25, 0.3) is 0 Å². The van der Waals surface area contributed by atoms with E-state index in [1.54, 1.807) is 43.3 Å². The molecule has 1 unspecified atom stereocenters. The lowest BCUT2D eigenvalue weighted by atomic mass is 9.92. The van der Waals surface area contributed by atoms with Crippen molar-refractivity contribution in [2.45, 2.75) is 19.8 Å². The molecule has 1 N–H and O–H groups in total. The Bertz CT molecular complexity index is 692. The number of aromatic hydroxyl groups is 1. The molecular weight excluding hydrogens is 292 g/mol. The summed E-state index contributed by atoms with van der Waals surface area (Å²) in [6.45, 7) is 1.65. The number of hydrogen-bond donors (Lipinski definition) is 1. The Morgan fingerprint density at radius 2 is 1.83 bits per heavy atom. The van der Waals surface area contributed by atoms with E-state index in [9.17, 15) is 14.7 Å². The van der Waals surface area contributed by atoms with Crippen LogP contribution >= 0.6 is 0 Å². The average molecular weight is 312 g/mol. The first kappa shape index (κ1) is 16.7. The van der Waals surface area contributed by atoms with Crippen molar-refractivity contribution in [1.29, 1.82) is 0 Å². The second-order valence-electron chi connectivity index (χ2n) is 5.42. The number of benzene rings is 2. The highest BCUT2D eigenvalue weighted by molar-refractivity contribution is 6.10. The first-order chi connectivity index (χ1) is 11.0. The topological polar surface area (TPSA) is 63.6 Å². The number of ether oxygens (including phenoxy) is 1. The molecule has 0 spiro atoms. The highest BCUT2D eigenvalue weighted by atomic mass is 16.5. The number of Topliss-reactive ketones (excluding diaryl/α,β-unsaturated/α-hetero) is 2. The first-order valence-corrected chi connectivity index (χ1v) is 7.50. The second-order valence-corrected chi connectivity index (χ2v) is 5.42. The monoisotopic (exact) mass is 312 g/mol. The molecule has 0 bridgehead atoms. The van der Waals surface area contributed by atoms with Crippen LogP contribution < -0.4 is 4.74 Å². The molecule has 2 rings (SSSR count). The number of carbonyl (C=O) groups excluding carboxylic acids is 2. The van der Waals surface area contributed by atoms with Gasteiger partial charge in [0, 0.05) is 12.0 Å². The maximum atomic E-state index is 12.3. The molecule has 0 amide bonds. The van der Waals surface area contributed by atoms with Crippen LogP contribution in [0.1, 0.15) is 29.3 Å². The molecule has 0 aromatic heterocycles. The summed E-state index contributed by atoms with van der Waals surface area (Å²) in [6.07, 6.45) is 0.773. The van der Waals surface area contributed by atoms with Gasteiger partial charge in [0.05, 0.1) is 13.0 Å². The van der Waals surface area contributed by atoms with Crippen LogP contribution in [0, 0.1) is 5.92 Å². The molecule has 0 heterocycles. The quantitative estimate of drug-likeness (QED) is 0.628. The zero-order chi connectivity index (χ0) is 16.8. The van der Waals surface area contributed by atoms with Gasteiger partial charge in [0.15, 0.2) is 17.3 Å². The molecule has 4 nitrogen and oxygen atoms in total. The van der Waals surface area contributed by atoms with Crippen molar-refractivity contribution in [2.75, 3.05) is 7.11 Å². The number of carbonyl (C=O) groups is 2. The molecule has 2 aromatic carbocycles. The van der Waals surface area contributed by atoms with Crippen molar-refractivity contribution < 1.29 is 19.4 Å². The first-order valence-electron chi connectivity index (χ1n) is 7.50. The van der Waals surface area contributed by atoms with Gasteiger partial charge in [-0.1, -0.05) is 36.4 Å². The number of phenolic OH excluding ortho intramolecular Hbond substituents is 1. The fourth-order valence-electron chi connectivity index (χ4n) is 2.36. The molecule has 0 aliphatic carbocycles. The molecule has 0 aliphatic heterocycles. The fourth-order valence-corrected chi connectivity index (χ4v) is 2.36. The van der Waals surface area contributed by atoms with Gasteiger partial charge in [-0.15, -0.1) is 0 Å². The maximum Gasteiger partial charge on any atom is 0.173 e. The van der Waals surface area contributed by atoms with Gasteiger partial charge < -0.3 is 9.84 Å². The van der Waals surface area contributed by atoms with E-state index in [0.717, 1.165) is 5.56 Å². The number of methoxy groups -OCH3 is 1. The number of phenols is 1. The Kier molecular flexibility index (Phi) is 5.52. The highest BCUT2D eigenvalue weighted by Gasteiger charge is 2.22. The summed E-state index contributed by atoms with van der Waals surface area (Å²) >= 11 is 0. The van der Waals surface area contributed by atoms with Gasteiger partial charge in [-0.05, 0) is 31.0 Å². The van der Waals surface area contributed by atoms with Crippen LogP contribution in [0.5, 0.6) is 11.5 Å². The molecule has 0 saturated carbocycles. The van der Waals surface area contributed by atoms with E-state index in [1.807, 2.05) is 6.07 Å². The van der Waals surface area contributed by atoms with Gasteiger partial charge in [-0.25, -0.2) is 0 Å². The van der Waals surface area contributed by atoms with Crippen molar-refractivity contribution in [2.24, 2.45) is 5.92 Å². The summed E-state index contributed by atoms with van der Waals surface area (Å²) < 4.78 is 5.05.